The molecule has 4 saturated heterocycles. The summed E-state index contributed by atoms with van der Waals surface area (Å²) in [5, 5.41) is 33.3. The number of ether oxygens (including phenoxy) is 7. The van der Waals surface area contributed by atoms with Crippen LogP contribution >= 0.6 is 0 Å². The number of hydrogen-bond acceptors (Lipinski definition) is 13. The summed E-state index contributed by atoms with van der Waals surface area (Å²) in [5.74, 6) is -3.74. The average Bonchev–Trinajstić information content (AvgIpc) is 3.82. The van der Waals surface area contributed by atoms with Crippen molar-refractivity contribution in [2.45, 2.75) is 154 Å². The third kappa shape index (κ3) is 8.43. The van der Waals surface area contributed by atoms with Crippen LogP contribution < -0.4 is 0 Å². The molecule has 278 valence electrons. The van der Waals surface area contributed by atoms with Crippen molar-refractivity contribution in [3.63, 3.8) is 0 Å². The van der Waals surface area contributed by atoms with Gasteiger partial charge in [-0.3, -0.25) is 9.59 Å². The zero-order chi connectivity index (χ0) is 35.8. The van der Waals surface area contributed by atoms with Gasteiger partial charge in [-0.25, -0.2) is 0 Å². The number of likely N-dealkylation sites (N-methyl/N-ethyl adjacent to an activating group) is 1. The molecule has 13 heteroatoms. The van der Waals surface area contributed by atoms with Crippen LogP contribution in [0.2, 0.25) is 0 Å². The van der Waals surface area contributed by atoms with Gasteiger partial charge in [0, 0.05) is 37.3 Å². The van der Waals surface area contributed by atoms with E-state index in [1.54, 1.807) is 34.6 Å². The van der Waals surface area contributed by atoms with Gasteiger partial charge < -0.3 is 53.4 Å². The molecule has 4 aliphatic rings. The third-order valence-corrected chi connectivity index (χ3v) is 11.4. The van der Waals surface area contributed by atoms with Gasteiger partial charge in [-0.2, -0.15) is 0 Å². The number of nitrogens with zero attached hydrogens (tertiary/aromatic N) is 1. The quantitative estimate of drug-likeness (QED) is 0.274. The smallest absolute Gasteiger partial charge is 0.311 e. The van der Waals surface area contributed by atoms with Crippen molar-refractivity contribution >= 4 is 11.8 Å². The van der Waals surface area contributed by atoms with E-state index in [1.165, 1.54) is 7.11 Å². The SMILES string of the molecule is CO[C@@H]1C[C@H](O[C@H]2[C@@H](C)[C@@H](O[C@@H]3O[C@H](C)C[C@H](N(C)C)[C@@H]3O)[C@@H](C)C[C@@]3(CO3)C(=O)[C@@H](C)[C@@H](O)[C@@H](C)[C@@H](C)OC(=O)[C@H]2C)O[C@H](C)[C@H]1O. The lowest BCUT2D eigenvalue weighted by atomic mass is 9.76. The summed E-state index contributed by atoms with van der Waals surface area (Å²) in [7, 11) is 5.32. The van der Waals surface area contributed by atoms with Crippen LogP contribution in [0.4, 0.5) is 0 Å². The molecular weight excluding hydrogens is 626 g/mol. The number of carbonyl (C=O) groups excluding carboxylic acids is 2. The maximum absolute atomic E-state index is 13.9. The minimum atomic E-state index is -1.10. The molecule has 18 atom stereocenters. The Balaban J connectivity index is 1.75. The fourth-order valence-electron chi connectivity index (χ4n) is 7.89. The number of cyclic esters (lactones) is 1. The molecule has 13 nitrogen and oxygen atoms in total. The van der Waals surface area contributed by atoms with Gasteiger partial charge in [0.1, 0.15) is 18.3 Å². The molecule has 4 fully saturated rings. The predicted molar refractivity (Wildman–Crippen MR) is 174 cm³/mol. The van der Waals surface area contributed by atoms with E-state index in [9.17, 15) is 24.9 Å². The van der Waals surface area contributed by atoms with Crippen molar-refractivity contribution in [2.24, 2.45) is 29.6 Å². The average molecular weight is 688 g/mol. The van der Waals surface area contributed by atoms with E-state index in [4.69, 9.17) is 33.2 Å². The Hall–Kier alpha value is -1.26. The molecule has 0 radical (unpaired) electrons. The summed E-state index contributed by atoms with van der Waals surface area (Å²) in [6, 6.07) is -0.219. The first-order valence-electron chi connectivity index (χ1n) is 17.7. The third-order valence-electron chi connectivity index (χ3n) is 11.4. The Labute approximate surface area is 285 Å². The Bertz CT molecular complexity index is 1090. The van der Waals surface area contributed by atoms with Gasteiger partial charge in [0.15, 0.2) is 24.0 Å². The molecule has 0 aromatic carbocycles. The number of aliphatic hydroxyl groups is 3. The number of methoxy groups -OCH3 is 1. The van der Waals surface area contributed by atoms with E-state index < -0.39 is 96.7 Å². The van der Waals surface area contributed by atoms with Crippen molar-refractivity contribution in [1.29, 1.82) is 0 Å². The van der Waals surface area contributed by atoms with Crippen LogP contribution in [0.25, 0.3) is 0 Å². The van der Waals surface area contributed by atoms with Gasteiger partial charge in [0.05, 0.1) is 49.1 Å². The lowest BCUT2D eigenvalue weighted by molar-refractivity contribution is -0.299. The van der Waals surface area contributed by atoms with Crippen LogP contribution in [0, 0.1) is 29.6 Å². The van der Waals surface area contributed by atoms with Crippen LogP contribution in [-0.4, -0.2) is 139 Å². The second-order valence-corrected chi connectivity index (χ2v) is 15.3. The second kappa shape index (κ2) is 16.0. The number of ketones is 1. The van der Waals surface area contributed by atoms with Gasteiger partial charge >= 0.3 is 5.97 Å². The molecule has 0 amide bonds. The lowest BCUT2D eigenvalue weighted by Crippen LogP contribution is -2.57. The summed E-state index contributed by atoms with van der Waals surface area (Å²) in [4.78, 5) is 29.7. The summed E-state index contributed by atoms with van der Waals surface area (Å²) >= 11 is 0. The van der Waals surface area contributed by atoms with E-state index in [2.05, 4.69) is 0 Å². The first-order chi connectivity index (χ1) is 22.4. The van der Waals surface area contributed by atoms with Gasteiger partial charge in [-0.05, 0) is 60.5 Å². The van der Waals surface area contributed by atoms with E-state index in [-0.39, 0.29) is 43.3 Å². The molecular formula is C35H61NO12. The van der Waals surface area contributed by atoms with Gasteiger partial charge in [-0.15, -0.1) is 0 Å². The first kappa shape index (κ1) is 39.5. The molecule has 4 aliphatic heterocycles. The second-order valence-electron chi connectivity index (χ2n) is 15.3. The molecule has 0 bridgehead atoms. The summed E-state index contributed by atoms with van der Waals surface area (Å²) < 4.78 is 43.0. The van der Waals surface area contributed by atoms with Crippen LogP contribution in [-0.2, 0) is 42.7 Å². The van der Waals surface area contributed by atoms with E-state index in [0.717, 1.165) is 0 Å². The number of rotatable bonds is 6. The molecule has 3 N–H and O–H groups in total. The monoisotopic (exact) mass is 687 g/mol. The number of aliphatic hydroxyl groups excluding tert-OH is 3. The summed E-state index contributed by atoms with van der Waals surface area (Å²) in [6.45, 7) is 14.6. The highest BCUT2D eigenvalue weighted by Gasteiger charge is 2.57. The van der Waals surface area contributed by atoms with Crippen molar-refractivity contribution in [2.75, 3.05) is 27.8 Å². The highest BCUT2D eigenvalue weighted by Crippen LogP contribution is 2.43. The zero-order valence-electron chi connectivity index (χ0n) is 30.6. The Morgan fingerprint density at radius 1 is 0.792 bits per heavy atom. The molecule has 0 aromatic heterocycles. The Kier molecular flexibility index (Phi) is 13.1. The molecule has 0 unspecified atom stereocenters. The number of esters is 1. The predicted octanol–water partition coefficient (Wildman–Crippen LogP) is 1.91. The maximum atomic E-state index is 13.9. The topological polar surface area (TPSA) is 166 Å². The molecule has 0 aliphatic carbocycles. The number of Topliss-reactive ketones (excluding diaryl/α,β-unsaturated/α-hetero) is 1. The van der Waals surface area contributed by atoms with E-state index in [0.29, 0.717) is 6.42 Å². The lowest BCUT2D eigenvalue weighted by Gasteiger charge is -2.46. The number of carbonyl (C=O) groups is 2. The van der Waals surface area contributed by atoms with Crippen LogP contribution in [0.15, 0.2) is 0 Å². The molecule has 48 heavy (non-hydrogen) atoms. The van der Waals surface area contributed by atoms with Crippen molar-refractivity contribution in [1.82, 2.24) is 4.90 Å². The summed E-state index contributed by atoms with van der Waals surface area (Å²) in [6.07, 6.45) is -7.15. The van der Waals surface area contributed by atoms with E-state index in [1.807, 2.05) is 39.8 Å². The molecule has 0 saturated carbocycles. The minimum Gasteiger partial charge on any atom is -0.462 e. The molecule has 4 rings (SSSR count). The van der Waals surface area contributed by atoms with Gasteiger partial charge in [0.25, 0.3) is 0 Å². The van der Waals surface area contributed by atoms with Gasteiger partial charge in [-0.1, -0.05) is 27.7 Å². The molecule has 1 spiro atoms. The van der Waals surface area contributed by atoms with Crippen molar-refractivity contribution in [3.8, 4) is 0 Å². The van der Waals surface area contributed by atoms with Gasteiger partial charge in [0.2, 0.25) is 0 Å². The van der Waals surface area contributed by atoms with Crippen LogP contribution in [0.5, 0.6) is 0 Å². The fourth-order valence-corrected chi connectivity index (χ4v) is 7.89. The zero-order valence-corrected chi connectivity index (χ0v) is 30.6. The highest BCUT2D eigenvalue weighted by atomic mass is 16.7. The van der Waals surface area contributed by atoms with Crippen LogP contribution in [0.3, 0.4) is 0 Å². The molecule has 0 aromatic rings. The standard InChI is InChI=1S/C35H61NO12/c1-16-14-35(15-43-35)32(40)19(4)27(37)18(3)22(7)46-33(41)21(6)31(47-26-13-25(42-11)28(38)23(8)45-26)20(5)30(16)48-34-29(39)24(36(9)10)12-17(2)44-34/h16-31,34,37-39H,12-15H2,1-11H3/t16-,17+,18-,19-,20-,21-,22+,23+,24-,25+,26-,27-,28+,29-,30-,31-,34-,35+/m0/s1. The molecule has 4 heterocycles. The largest absolute Gasteiger partial charge is 0.462 e. The Morgan fingerprint density at radius 2 is 1.44 bits per heavy atom. The normalized spacial score (nSPS) is 49.9. The highest BCUT2D eigenvalue weighted by molar-refractivity contribution is 5.92. The number of epoxide rings is 1. The Morgan fingerprint density at radius 3 is 2.02 bits per heavy atom. The van der Waals surface area contributed by atoms with Crippen molar-refractivity contribution in [3.05, 3.63) is 0 Å². The summed E-state index contributed by atoms with van der Waals surface area (Å²) in [5.41, 5.74) is -1.10. The van der Waals surface area contributed by atoms with Crippen molar-refractivity contribution < 1.29 is 58.1 Å². The van der Waals surface area contributed by atoms with Crippen LogP contribution in [0.1, 0.15) is 74.7 Å². The number of hydrogen-bond donors (Lipinski definition) is 3. The first-order valence-corrected chi connectivity index (χ1v) is 17.7. The van der Waals surface area contributed by atoms with E-state index >= 15 is 0 Å². The maximum Gasteiger partial charge on any atom is 0.311 e. The fraction of sp³-hybridized carbons (Fsp3) is 0.943. The minimum absolute atomic E-state index is 0.198.